The van der Waals surface area contributed by atoms with E-state index in [1.54, 1.807) is 18.2 Å². The number of nitrogens with one attached hydrogen (secondary N) is 2. The summed E-state index contributed by atoms with van der Waals surface area (Å²) < 4.78 is 19.9. The minimum absolute atomic E-state index is 0.132. The molecule has 0 atom stereocenters. The molecule has 0 aliphatic heterocycles. The number of para-hydroxylation sites is 1. The minimum Gasteiger partial charge on any atom is -0.483 e. The summed E-state index contributed by atoms with van der Waals surface area (Å²) in [6, 6.07) is 19.9. The molecule has 4 nitrogen and oxygen atoms in total. The van der Waals surface area contributed by atoms with Crippen molar-refractivity contribution in [2.45, 2.75) is 13.5 Å². The van der Waals surface area contributed by atoms with E-state index in [1.807, 2.05) is 24.3 Å². The van der Waals surface area contributed by atoms with Gasteiger partial charge in [0.2, 0.25) is 0 Å². The zero-order chi connectivity index (χ0) is 19.9. The van der Waals surface area contributed by atoms with Gasteiger partial charge in [-0.3, -0.25) is 4.79 Å². The maximum atomic E-state index is 13.6. The first-order valence-electron chi connectivity index (χ1n) is 8.77. The SMILES string of the molecule is Cc1ccc(NCc2ccc(OCC(=O)Nc3ccccc3F)c(Br)c2)cc1. The quantitative estimate of drug-likeness (QED) is 0.505. The summed E-state index contributed by atoms with van der Waals surface area (Å²) in [7, 11) is 0. The summed E-state index contributed by atoms with van der Waals surface area (Å²) in [4.78, 5) is 12.0. The molecule has 0 aliphatic rings. The molecule has 0 fully saturated rings. The van der Waals surface area contributed by atoms with Gasteiger partial charge in [-0.2, -0.15) is 0 Å². The Morgan fingerprint density at radius 2 is 1.82 bits per heavy atom. The van der Waals surface area contributed by atoms with Gasteiger partial charge in [-0.05, 0) is 64.8 Å². The zero-order valence-corrected chi connectivity index (χ0v) is 16.9. The molecule has 3 aromatic rings. The van der Waals surface area contributed by atoms with Gasteiger partial charge in [0.1, 0.15) is 11.6 Å². The Kier molecular flexibility index (Phi) is 6.66. The average molecular weight is 443 g/mol. The van der Waals surface area contributed by atoms with Crippen LogP contribution in [0.2, 0.25) is 0 Å². The molecule has 0 aliphatic carbocycles. The van der Waals surface area contributed by atoms with Gasteiger partial charge >= 0.3 is 0 Å². The van der Waals surface area contributed by atoms with Crippen molar-refractivity contribution < 1.29 is 13.9 Å². The fraction of sp³-hybridized carbons (Fsp3) is 0.136. The zero-order valence-electron chi connectivity index (χ0n) is 15.3. The Morgan fingerprint density at radius 3 is 2.54 bits per heavy atom. The van der Waals surface area contributed by atoms with Gasteiger partial charge in [-0.15, -0.1) is 0 Å². The van der Waals surface area contributed by atoms with Crippen LogP contribution in [0.1, 0.15) is 11.1 Å². The van der Waals surface area contributed by atoms with Crippen LogP contribution in [0, 0.1) is 12.7 Å². The molecule has 3 rings (SSSR count). The third kappa shape index (κ3) is 5.57. The highest BCUT2D eigenvalue weighted by molar-refractivity contribution is 9.10. The topological polar surface area (TPSA) is 50.4 Å². The van der Waals surface area contributed by atoms with Crippen molar-refractivity contribution in [3.05, 3.63) is 88.1 Å². The lowest BCUT2D eigenvalue weighted by atomic mass is 10.2. The van der Waals surface area contributed by atoms with E-state index >= 15 is 0 Å². The predicted molar refractivity (Wildman–Crippen MR) is 113 cm³/mol. The van der Waals surface area contributed by atoms with Crippen LogP contribution in [-0.4, -0.2) is 12.5 Å². The van der Waals surface area contributed by atoms with Crippen LogP contribution in [0.3, 0.4) is 0 Å². The molecule has 0 bridgehead atoms. The molecule has 0 heterocycles. The van der Waals surface area contributed by atoms with Crippen molar-refractivity contribution in [1.29, 1.82) is 0 Å². The highest BCUT2D eigenvalue weighted by Gasteiger charge is 2.09. The maximum Gasteiger partial charge on any atom is 0.262 e. The number of hydrogen-bond acceptors (Lipinski definition) is 3. The van der Waals surface area contributed by atoms with Gasteiger partial charge < -0.3 is 15.4 Å². The third-order valence-corrected chi connectivity index (χ3v) is 4.67. The number of amides is 1. The lowest BCUT2D eigenvalue weighted by Gasteiger charge is -2.11. The molecule has 144 valence electrons. The van der Waals surface area contributed by atoms with E-state index in [0.29, 0.717) is 12.3 Å². The Hall–Kier alpha value is -2.86. The van der Waals surface area contributed by atoms with Crippen molar-refractivity contribution in [3.8, 4) is 5.75 Å². The molecule has 0 saturated heterocycles. The van der Waals surface area contributed by atoms with Crippen molar-refractivity contribution in [1.82, 2.24) is 0 Å². The Morgan fingerprint density at radius 1 is 1.07 bits per heavy atom. The number of anilines is 2. The molecule has 0 spiro atoms. The maximum absolute atomic E-state index is 13.6. The van der Waals surface area contributed by atoms with Crippen molar-refractivity contribution in [2.24, 2.45) is 0 Å². The highest BCUT2D eigenvalue weighted by Crippen LogP contribution is 2.26. The first-order valence-corrected chi connectivity index (χ1v) is 9.57. The number of ether oxygens (including phenoxy) is 1. The van der Waals surface area contributed by atoms with Crippen LogP contribution in [-0.2, 0) is 11.3 Å². The lowest BCUT2D eigenvalue weighted by Crippen LogP contribution is -2.20. The van der Waals surface area contributed by atoms with Gasteiger partial charge in [0.25, 0.3) is 5.91 Å². The largest absolute Gasteiger partial charge is 0.483 e. The van der Waals surface area contributed by atoms with Crippen LogP contribution in [0.4, 0.5) is 15.8 Å². The van der Waals surface area contributed by atoms with Crippen LogP contribution >= 0.6 is 15.9 Å². The van der Waals surface area contributed by atoms with Crippen molar-refractivity contribution in [2.75, 3.05) is 17.2 Å². The monoisotopic (exact) mass is 442 g/mol. The second-order valence-electron chi connectivity index (χ2n) is 6.30. The predicted octanol–water partition coefficient (Wildman–Crippen LogP) is 5.53. The third-order valence-electron chi connectivity index (χ3n) is 4.05. The molecular weight excluding hydrogens is 423 g/mol. The second kappa shape index (κ2) is 9.37. The van der Waals surface area contributed by atoms with Gasteiger partial charge in [0.15, 0.2) is 6.61 Å². The molecule has 2 N–H and O–H groups in total. The van der Waals surface area contributed by atoms with Crippen molar-refractivity contribution in [3.63, 3.8) is 0 Å². The summed E-state index contributed by atoms with van der Waals surface area (Å²) in [6.07, 6.45) is 0. The summed E-state index contributed by atoms with van der Waals surface area (Å²) in [5.74, 6) is -0.368. The molecule has 0 radical (unpaired) electrons. The van der Waals surface area contributed by atoms with Crippen molar-refractivity contribution >= 4 is 33.2 Å². The molecule has 0 aromatic heterocycles. The average Bonchev–Trinajstić information content (AvgIpc) is 2.68. The van der Waals surface area contributed by atoms with Gasteiger partial charge in [-0.1, -0.05) is 35.9 Å². The number of halogens is 2. The molecule has 6 heteroatoms. The summed E-state index contributed by atoms with van der Waals surface area (Å²) in [5.41, 5.74) is 3.46. The van der Waals surface area contributed by atoms with Gasteiger partial charge in [0, 0.05) is 12.2 Å². The van der Waals surface area contributed by atoms with E-state index in [2.05, 4.69) is 45.6 Å². The molecule has 3 aromatic carbocycles. The minimum atomic E-state index is -0.484. The first kappa shape index (κ1) is 19.9. The number of hydrogen-bond donors (Lipinski definition) is 2. The van der Waals surface area contributed by atoms with E-state index in [1.165, 1.54) is 17.7 Å². The number of aryl methyl sites for hydroxylation is 1. The molecule has 1 amide bonds. The van der Waals surface area contributed by atoms with E-state index < -0.39 is 11.7 Å². The molecule has 0 unspecified atom stereocenters. The summed E-state index contributed by atoms with van der Waals surface area (Å²) >= 11 is 3.47. The number of benzene rings is 3. The standard InChI is InChI=1S/C22H20BrFN2O2/c1-15-6-9-17(10-7-15)25-13-16-8-11-21(18(23)12-16)28-14-22(27)26-20-5-3-2-4-19(20)24/h2-12,25H,13-14H2,1H3,(H,26,27). The van der Waals surface area contributed by atoms with E-state index in [-0.39, 0.29) is 12.3 Å². The number of carbonyl (C=O) groups excluding carboxylic acids is 1. The van der Waals surface area contributed by atoms with Crippen LogP contribution in [0.5, 0.6) is 5.75 Å². The molecule has 0 saturated carbocycles. The van der Waals surface area contributed by atoms with E-state index in [9.17, 15) is 9.18 Å². The van der Waals surface area contributed by atoms with E-state index in [0.717, 1.165) is 15.7 Å². The fourth-order valence-corrected chi connectivity index (χ4v) is 3.08. The fourth-order valence-electron chi connectivity index (χ4n) is 2.54. The second-order valence-corrected chi connectivity index (χ2v) is 7.16. The Balaban J connectivity index is 1.53. The first-order chi connectivity index (χ1) is 13.5. The molecular formula is C22H20BrFN2O2. The van der Waals surface area contributed by atoms with Gasteiger partial charge in [0.05, 0.1) is 10.2 Å². The normalized spacial score (nSPS) is 10.4. The summed E-state index contributed by atoms with van der Waals surface area (Å²) in [6.45, 7) is 2.50. The number of carbonyl (C=O) groups is 1. The smallest absolute Gasteiger partial charge is 0.262 e. The molecule has 28 heavy (non-hydrogen) atoms. The number of rotatable bonds is 7. The van der Waals surface area contributed by atoms with Crippen LogP contribution in [0.15, 0.2) is 71.2 Å². The lowest BCUT2D eigenvalue weighted by molar-refractivity contribution is -0.118. The van der Waals surface area contributed by atoms with Crippen LogP contribution in [0.25, 0.3) is 0 Å². The van der Waals surface area contributed by atoms with Crippen LogP contribution < -0.4 is 15.4 Å². The Labute approximate surface area is 171 Å². The Bertz CT molecular complexity index is 961. The highest BCUT2D eigenvalue weighted by atomic mass is 79.9. The van der Waals surface area contributed by atoms with Gasteiger partial charge in [-0.25, -0.2) is 4.39 Å². The summed E-state index contributed by atoms with van der Waals surface area (Å²) in [5, 5.41) is 5.85. The van der Waals surface area contributed by atoms with E-state index in [4.69, 9.17) is 4.74 Å².